The largest absolute Gasteiger partial charge is 0.409 e. The molecule has 5 heteroatoms. The maximum atomic E-state index is 8.97. The quantitative estimate of drug-likeness (QED) is 0.370. The van der Waals surface area contributed by atoms with Crippen LogP contribution < -0.4 is 10.6 Å². The molecule has 0 spiro atoms. The van der Waals surface area contributed by atoms with Gasteiger partial charge in [0.2, 0.25) is 0 Å². The van der Waals surface area contributed by atoms with Crippen molar-refractivity contribution in [3.63, 3.8) is 0 Å². The van der Waals surface area contributed by atoms with E-state index in [1.165, 1.54) is 0 Å². The number of unbranched alkanes of at least 4 members (excludes halogenated alkanes) is 1. The van der Waals surface area contributed by atoms with E-state index in [1.807, 2.05) is 30.3 Å². The van der Waals surface area contributed by atoms with Gasteiger partial charge < -0.3 is 15.8 Å². The molecule has 0 aliphatic carbocycles. The lowest BCUT2D eigenvalue weighted by molar-refractivity contribution is 0.318. The van der Waals surface area contributed by atoms with E-state index in [2.05, 4.69) is 22.0 Å². The molecule has 0 atom stereocenters. The number of hydrogen-bond donors (Lipinski definition) is 2. The van der Waals surface area contributed by atoms with Gasteiger partial charge in [0, 0.05) is 24.0 Å². The topological polar surface area (TPSA) is 74.7 Å². The molecule has 0 saturated heterocycles. The first-order valence-electron chi connectivity index (χ1n) is 7.02. The summed E-state index contributed by atoms with van der Waals surface area (Å²) >= 11 is 0. The van der Waals surface area contributed by atoms with Crippen LogP contribution in [0.5, 0.6) is 0 Å². The zero-order chi connectivity index (χ0) is 15.1. The summed E-state index contributed by atoms with van der Waals surface area (Å²) in [6.07, 6.45) is 5.51. The summed E-state index contributed by atoms with van der Waals surface area (Å²) in [6, 6.07) is 11.8. The summed E-state index contributed by atoms with van der Waals surface area (Å²) in [6.45, 7) is 2.99. The van der Waals surface area contributed by atoms with Gasteiger partial charge >= 0.3 is 0 Å². The first-order chi connectivity index (χ1) is 10.3. The highest BCUT2D eigenvalue weighted by atomic mass is 16.4. The summed E-state index contributed by atoms with van der Waals surface area (Å²) in [5.41, 5.74) is 8.36. The molecule has 0 amide bonds. The number of benzene rings is 1. The number of para-hydroxylation sites is 1. The molecule has 2 aromatic rings. The molecule has 0 aliphatic heterocycles. The van der Waals surface area contributed by atoms with Gasteiger partial charge in [-0.05, 0) is 24.6 Å². The van der Waals surface area contributed by atoms with E-state index in [9.17, 15) is 0 Å². The van der Waals surface area contributed by atoms with Crippen molar-refractivity contribution >= 4 is 17.2 Å². The van der Waals surface area contributed by atoms with Gasteiger partial charge in [0.25, 0.3) is 0 Å². The van der Waals surface area contributed by atoms with E-state index in [1.54, 1.807) is 18.5 Å². The summed E-state index contributed by atoms with van der Waals surface area (Å²) in [5, 5.41) is 12.1. The number of nitrogens with two attached hydrogens (primary N) is 1. The Balaban J connectivity index is 2.47. The standard InChI is InChI=1S/C16H20N4O/c1-2-3-11-20(13-7-5-4-6-8-13)15-12-18-10-9-14(15)16(17)19-21/h4-10,12,21H,2-3,11H2,1H3,(H2,17,19). The van der Waals surface area contributed by atoms with Crippen molar-refractivity contribution in [1.82, 2.24) is 4.98 Å². The van der Waals surface area contributed by atoms with Crippen molar-refractivity contribution in [2.75, 3.05) is 11.4 Å². The van der Waals surface area contributed by atoms with Crippen LogP contribution in [0, 0.1) is 0 Å². The van der Waals surface area contributed by atoms with Crippen LogP contribution >= 0.6 is 0 Å². The second-order valence-electron chi connectivity index (χ2n) is 4.72. The van der Waals surface area contributed by atoms with Gasteiger partial charge in [0.15, 0.2) is 5.84 Å². The van der Waals surface area contributed by atoms with Crippen molar-refractivity contribution in [1.29, 1.82) is 0 Å². The number of nitrogens with zero attached hydrogens (tertiary/aromatic N) is 3. The monoisotopic (exact) mass is 284 g/mol. The molecular weight excluding hydrogens is 264 g/mol. The highest BCUT2D eigenvalue weighted by Crippen LogP contribution is 2.28. The predicted molar refractivity (Wildman–Crippen MR) is 85.1 cm³/mol. The highest BCUT2D eigenvalue weighted by Gasteiger charge is 2.15. The van der Waals surface area contributed by atoms with E-state index in [0.29, 0.717) is 5.56 Å². The number of pyridine rings is 1. The molecule has 0 saturated carbocycles. The number of anilines is 2. The molecule has 1 heterocycles. The lowest BCUT2D eigenvalue weighted by Gasteiger charge is -2.26. The van der Waals surface area contributed by atoms with E-state index >= 15 is 0 Å². The minimum Gasteiger partial charge on any atom is -0.409 e. The van der Waals surface area contributed by atoms with E-state index in [-0.39, 0.29) is 5.84 Å². The smallest absolute Gasteiger partial charge is 0.172 e. The van der Waals surface area contributed by atoms with Crippen LogP contribution in [0.3, 0.4) is 0 Å². The van der Waals surface area contributed by atoms with Crippen LogP contribution in [0.25, 0.3) is 0 Å². The Kier molecular flexibility index (Phi) is 5.15. The lowest BCUT2D eigenvalue weighted by Crippen LogP contribution is -2.23. The average molecular weight is 284 g/mol. The summed E-state index contributed by atoms with van der Waals surface area (Å²) in [7, 11) is 0. The molecule has 110 valence electrons. The van der Waals surface area contributed by atoms with E-state index in [0.717, 1.165) is 30.8 Å². The van der Waals surface area contributed by atoms with Crippen LogP contribution in [-0.4, -0.2) is 22.6 Å². The zero-order valence-corrected chi connectivity index (χ0v) is 12.1. The maximum Gasteiger partial charge on any atom is 0.172 e. The van der Waals surface area contributed by atoms with E-state index in [4.69, 9.17) is 10.9 Å². The van der Waals surface area contributed by atoms with Gasteiger partial charge in [-0.1, -0.05) is 36.7 Å². The van der Waals surface area contributed by atoms with E-state index < -0.39 is 0 Å². The molecule has 1 aromatic heterocycles. The average Bonchev–Trinajstić information content (AvgIpc) is 2.56. The molecule has 2 rings (SSSR count). The second-order valence-corrected chi connectivity index (χ2v) is 4.72. The minimum absolute atomic E-state index is 0.0878. The Labute approximate surface area is 124 Å². The lowest BCUT2D eigenvalue weighted by atomic mass is 10.1. The fraction of sp³-hybridized carbons (Fsp3) is 0.250. The molecule has 0 bridgehead atoms. The molecule has 21 heavy (non-hydrogen) atoms. The maximum absolute atomic E-state index is 8.97. The third kappa shape index (κ3) is 3.51. The minimum atomic E-state index is 0.0878. The third-order valence-corrected chi connectivity index (χ3v) is 3.28. The fourth-order valence-electron chi connectivity index (χ4n) is 2.18. The second kappa shape index (κ2) is 7.28. The first kappa shape index (κ1) is 14.8. The van der Waals surface area contributed by atoms with Crippen LogP contribution in [-0.2, 0) is 0 Å². The molecule has 0 fully saturated rings. The van der Waals surface area contributed by atoms with Crippen molar-refractivity contribution < 1.29 is 5.21 Å². The van der Waals surface area contributed by atoms with Gasteiger partial charge in [0.1, 0.15) is 0 Å². The van der Waals surface area contributed by atoms with Gasteiger partial charge in [-0.3, -0.25) is 4.98 Å². The Morgan fingerprint density at radius 1 is 1.29 bits per heavy atom. The molecule has 3 N–H and O–H groups in total. The van der Waals surface area contributed by atoms with Crippen molar-refractivity contribution in [3.05, 3.63) is 54.4 Å². The number of rotatable bonds is 6. The molecule has 0 aliphatic rings. The molecule has 0 radical (unpaired) electrons. The Bertz CT molecular complexity index is 598. The van der Waals surface area contributed by atoms with Crippen LogP contribution in [0.4, 0.5) is 11.4 Å². The van der Waals surface area contributed by atoms with Crippen molar-refractivity contribution in [2.45, 2.75) is 19.8 Å². The number of oxime groups is 1. The highest BCUT2D eigenvalue weighted by molar-refractivity contribution is 6.02. The third-order valence-electron chi connectivity index (χ3n) is 3.28. The van der Waals surface area contributed by atoms with Crippen molar-refractivity contribution in [3.8, 4) is 0 Å². The number of amidine groups is 1. The molecule has 5 nitrogen and oxygen atoms in total. The normalized spacial score (nSPS) is 11.4. The molecule has 1 aromatic carbocycles. The predicted octanol–water partition coefficient (Wildman–Crippen LogP) is 3.11. The van der Waals surface area contributed by atoms with Gasteiger partial charge in [-0.2, -0.15) is 0 Å². The van der Waals surface area contributed by atoms with Crippen LogP contribution in [0.15, 0.2) is 53.9 Å². The molecular formula is C16H20N4O. The SMILES string of the molecule is CCCCN(c1ccccc1)c1cnccc1/C(N)=N/O. The Hall–Kier alpha value is -2.56. The Morgan fingerprint density at radius 3 is 2.71 bits per heavy atom. The number of hydrogen-bond acceptors (Lipinski definition) is 4. The first-order valence-corrected chi connectivity index (χ1v) is 7.02. The fourth-order valence-corrected chi connectivity index (χ4v) is 2.18. The van der Waals surface area contributed by atoms with Crippen LogP contribution in [0.1, 0.15) is 25.3 Å². The van der Waals surface area contributed by atoms with Crippen LogP contribution in [0.2, 0.25) is 0 Å². The Morgan fingerprint density at radius 2 is 2.05 bits per heavy atom. The summed E-state index contributed by atoms with van der Waals surface area (Å²) < 4.78 is 0. The summed E-state index contributed by atoms with van der Waals surface area (Å²) in [5.74, 6) is 0.0878. The van der Waals surface area contributed by atoms with Gasteiger partial charge in [-0.15, -0.1) is 0 Å². The zero-order valence-electron chi connectivity index (χ0n) is 12.1. The van der Waals surface area contributed by atoms with Gasteiger partial charge in [0.05, 0.1) is 11.9 Å². The van der Waals surface area contributed by atoms with Gasteiger partial charge in [-0.25, -0.2) is 0 Å². The number of aromatic nitrogens is 1. The molecule has 0 unspecified atom stereocenters. The van der Waals surface area contributed by atoms with Crippen molar-refractivity contribution in [2.24, 2.45) is 10.9 Å². The summed E-state index contributed by atoms with van der Waals surface area (Å²) in [4.78, 5) is 6.33.